The lowest BCUT2D eigenvalue weighted by Gasteiger charge is -2.18. The average molecular weight is 237 g/mol. The number of carbonyl (C=O) groups excluding carboxylic acids is 1. The van der Waals surface area contributed by atoms with E-state index in [4.69, 9.17) is 5.11 Å². The molecule has 0 spiro atoms. The molecule has 4 nitrogen and oxygen atoms in total. The fraction of sp³-hybridized carbons (Fsp3) is 0.556. The zero-order valence-electron chi connectivity index (χ0n) is 8.60. The maximum absolute atomic E-state index is 11.8. The second-order valence-electron chi connectivity index (χ2n) is 3.62. The van der Waals surface area contributed by atoms with Crippen LogP contribution in [-0.2, 0) is 9.59 Å². The minimum atomic E-state index is -4.95. The molecule has 0 saturated heterocycles. The number of carboxylic acids is 1. The summed E-state index contributed by atoms with van der Waals surface area (Å²) in [6.07, 6.45) is -4.95. The first-order chi connectivity index (χ1) is 7.04. The smallest absolute Gasteiger partial charge is 0.471 e. The highest BCUT2D eigenvalue weighted by atomic mass is 19.4. The molecule has 0 aliphatic carbocycles. The van der Waals surface area contributed by atoms with Crippen LogP contribution in [-0.4, -0.2) is 29.7 Å². The first-order valence-corrected chi connectivity index (χ1v) is 4.16. The SMILES string of the molecule is CC(C)(C#CC(=O)O)CNC(=O)C(F)(F)F. The van der Waals surface area contributed by atoms with Gasteiger partial charge in [-0.2, -0.15) is 13.2 Å². The minimum Gasteiger partial charge on any atom is -0.472 e. The van der Waals surface area contributed by atoms with Gasteiger partial charge in [-0.25, -0.2) is 4.79 Å². The van der Waals surface area contributed by atoms with E-state index in [0.29, 0.717) is 0 Å². The lowest BCUT2D eigenvalue weighted by Crippen LogP contribution is -2.41. The molecule has 0 aromatic carbocycles. The standard InChI is InChI=1S/C9H10F3NO3/c1-8(2,4-3-6(14)15)5-13-7(16)9(10,11)12/h5H2,1-2H3,(H,13,16)(H,14,15). The number of aliphatic carboxylic acids is 1. The third kappa shape index (κ3) is 5.90. The Morgan fingerprint density at radius 3 is 2.19 bits per heavy atom. The molecular weight excluding hydrogens is 227 g/mol. The van der Waals surface area contributed by atoms with E-state index in [-0.39, 0.29) is 6.54 Å². The third-order valence-electron chi connectivity index (χ3n) is 1.46. The highest BCUT2D eigenvalue weighted by Gasteiger charge is 2.39. The van der Waals surface area contributed by atoms with Crippen LogP contribution in [0, 0.1) is 17.3 Å². The minimum absolute atomic E-state index is 0.383. The predicted molar refractivity (Wildman–Crippen MR) is 48.3 cm³/mol. The molecule has 0 rings (SSSR count). The van der Waals surface area contributed by atoms with Crippen molar-refractivity contribution in [1.29, 1.82) is 0 Å². The van der Waals surface area contributed by atoms with E-state index in [0.717, 1.165) is 0 Å². The van der Waals surface area contributed by atoms with E-state index >= 15 is 0 Å². The third-order valence-corrected chi connectivity index (χ3v) is 1.46. The quantitative estimate of drug-likeness (QED) is 0.697. The van der Waals surface area contributed by atoms with Crippen molar-refractivity contribution in [1.82, 2.24) is 5.32 Å². The Balaban J connectivity index is 4.37. The summed E-state index contributed by atoms with van der Waals surface area (Å²) in [6.45, 7) is 2.45. The Kier molecular flexibility index (Phi) is 4.35. The van der Waals surface area contributed by atoms with Crippen molar-refractivity contribution in [2.45, 2.75) is 20.0 Å². The number of carboxylic acid groups (broad SMARTS) is 1. The summed E-state index contributed by atoms with van der Waals surface area (Å²) in [5.41, 5.74) is -1.04. The first kappa shape index (κ1) is 14.3. The molecule has 0 atom stereocenters. The molecule has 0 aliphatic heterocycles. The Labute approximate surface area is 89.8 Å². The van der Waals surface area contributed by atoms with Crippen molar-refractivity contribution in [2.75, 3.05) is 6.54 Å². The van der Waals surface area contributed by atoms with E-state index in [2.05, 4.69) is 5.92 Å². The molecule has 0 heterocycles. The zero-order chi connectivity index (χ0) is 13.0. The molecule has 16 heavy (non-hydrogen) atoms. The Hall–Kier alpha value is -1.71. The van der Waals surface area contributed by atoms with Crippen LogP contribution in [0.5, 0.6) is 0 Å². The van der Waals surface area contributed by atoms with Gasteiger partial charge in [0, 0.05) is 17.9 Å². The van der Waals surface area contributed by atoms with Gasteiger partial charge in [0.25, 0.3) is 0 Å². The summed E-state index contributed by atoms with van der Waals surface area (Å²) in [6, 6.07) is 0. The Morgan fingerprint density at radius 1 is 1.31 bits per heavy atom. The first-order valence-electron chi connectivity index (χ1n) is 4.16. The number of rotatable bonds is 2. The molecule has 7 heteroatoms. The highest BCUT2D eigenvalue weighted by molar-refractivity contribution is 5.86. The molecule has 0 saturated carbocycles. The molecule has 0 fully saturated rings. The van der Waals surface area contributed by atoms with Crippen LogP contribution in [0.15, 0.2) is 0 Å². The van der Waals surface area contributed by atoms with E-state index in [9.17, 15) is 22.8 Å². The summed E-state index contributed by atoms with van der Waals surface area (Å²) in [4.78, 5) is 20.6. The maximum atomic E-state index is 11.8. The van der Waals surface area contributed by atoms with Crippen molar-refractivity contribution >= 4 is 11.9 Å². The van der Waals surface area contributed by atoms with Gasteiger partial charge in [-0.3, -0.25) is 4.79 Å². The molecule has 0 aromatic rings. The Bertz CT molecular complexity index is 349. The molecule has 0 bridgehead atoms. The topological polar surface area (TPSA) is 66.4 Å². The van der Waals surface area contributed by atoms with E-state index < -0.39 is 23.5 Å². The number of halogens is 3. The largest absolute Gasteiger partial charge is 0.472 e. The van der Waals surface area contributed by atoms with Crippen LogP contribution in [0.3, 0.4) is 0 Å². The fourth-order valence-electron chi connectivity index (χ4n) is 0.668. The maximum Gasteiger partial charge on any atom is 0.471 e. The summed E-state index contributed by atoms with van der Waals surface area (Å²) in [7, 11) is 0. The van der Waals surface area contributed by atoms with Gasteiger partial charge in [0.1, 0.15) is 0 Å². The van der Waals surface area contributed by atoms with Gasteiger partial charge in [-0.05, 0) is 13.8 Å². The monoisotopic (exact) mass is 237 g/mol. The lowest BCUT2D eigenvalue weighted by molar-refractivity contribution is -0.173. The summed E-state index contributed by atoms with van der Waals surface area (Å²) < 4.78 is 35.4. The summed E-state index contributed by atoms with van der Waals surface area (Å²) >= 11 is 0. The van der Waals surface area contributed by atoms with Gasteiger partial charge < -0.3 is 10.4 Å². The van der Waals surface area contributed by atoms with Crippen LogP contribution >= 0.6 is 0 Å². The van der Waals surface area contributed by atoms with Gasteiger partial charge in [-0.15, -0.1) is 0 Å². The van der Waals surface area contributed by atoms with E-state index in [1.165, 1.54) is 13.8 Å². The van der Waals surface area contributed by atoms with Crippen molar-refractivity contribution in [3.63, 3.8) is 0 Å². The van der Waals surface area contributed by atoms with Gasteiger partial charge in [0.2, 0.25) is 0 Å². The number of amides is 1. The average Bonchev–Trinajstić information content (AvgIpc) is 2.10. The summed E-state index contributed by atoms with van der Waals surface area (Å²) in [5, 5.41) is 9.87. The van der Waals surface area contributed by atoms with Gasteiger partial charge in [-0.1, -0.05) is 5.92 Å². The van der Waals surface area contributed by atoms with E-state index in [1.807, 2.05) is 0 Å². The second kappa shape index (κ2) is 4.88. The van der Waals surface area contributed by atoms with E-state index in [1.54, 1.807) is 11.2 Å². The molecule has 2 N–H and O–H groups in total. The van der Waals surface area contributed by atoms with Crippen molar-refractivity contribution in [3.05, 3.63) is 0 Å². The zero-order valence-corrected chi connectivity index (χ0v) is 8.60. The highest BCUT2D eigenvalue weighted by Crippen LogP contribution is 2.16. The molecular formula is C9H10F3NO3. The number of nitrogens with one attached hydrogen (secondary N) is 1. The fourth-order valence-corrected chi connectivity index (χ4v) is 0.668. The van der Waals surface area contributed by atoms with Crippen LogP contribution < -0.4 is 5.32 Å². The van der Waals surface area contributed by atoms with Gasteiger partial charge in [0.15, 0.2) is 0 Å². The normalized spacial score (nSPS) is 11.3. The van der Waals surface area contributed by atoms with Crippen LogP contribution in [0.4, 0.5) is 13.2 Å². The number of hydrogen-bond donors (Lipinski definition) is 2. The lowest BCUT2D eigenvalue weighted by atomic mass is 9.94. The van der Waals surface area contributed by atoms with Crippen molar-refractivity contribution < 1.29 is 27.9 Å². The van der Waals surface area contributed by atoms with Crippen molar-refractivity contribution in [3.8, 4) is 11.8 Å². The summed E-state index contributed by atoms with van der Waals surface area (Å²) in [5.74, 6) is 0.565. The van der Waals surface area contributed by atoms with Gasteiger partial charge in [0.05, 0.1) is 0 Å². The molecule has 0 radical (unpaired) electrons. The molecule has 0 aromatic heterocycles. The Morgan fingerprint density at radius 2 is 1.81 bits per heavy atom. The number of alkyl halides is 3. The molecule has 0 unspecified atom stereocenters. The van der Waals surface area contributed by atoms with Crippen LogP contribution in [0.25, 0.3) is 0 Å². The second-order valence-corrected chi connectivity index (χ2v) is 3.62. The molecule has 0 aliphatic rings. The van der Waals surface area contributed by atoms with Crippen LogP contribution in [0.2, 0.25) is 0 Å². The molecule has 1 amide bonds. The number of hydrogen-bond acceptors (Lipinski definition) is 2. The van der Waals surface area contributed by atoms with Gasteiger partial charge >= 0.3 is 18.1 Å². The number of carbonyl (C=O) groups is 2. The van der Waals surface area contributed by atoms with Crippen molar-refractivity contribution in [2.24, 2.45) is 5.41 Å². The van der Waals surface area contributed by atoms with Crippen LogP contribution in [0.1, 0.15) is 13.8 Å². The molecule has 90 valence electrons. The predicted octanol–water partition coefficient (Wildman–Crippen LogP) is 0.779.